The molecule has 1 aromatic carbocycles. The molecule has 0 bridgehead atoms. The number of rotatable bonds is 6. The standard InChI is InChI=1S/C12H16N2O4/c1-17-8-3-4-10(18-2)9(7-8)14-12(16)6-5-11(13)15/h3-4,7H,5-6H2,1-2H3,(H2,13,15)(H,14,16). The molecule has 0 aromatic heterocycles. The number of carbonyl (C=O) groups is 2. The topological polar surface area (TPSA) is 90.7 Å². The molecule has 6 heteroatoms. The van der Waals surface area contributed by atoms with Crippen molar-refractivity contribution in [2.75, 3.05) is 19.5 Å². The SMILES string of the molecule is COc1ccc(OC)c(NC(=O)CCC(N)=O)c1. The van der Waals surface area contributed by atoms with Crippen LogP contribution in [0.2, 0.25) is 0 Å². The number of primary amides is 1. The van der Waals surface area contributed by atoms with Crippen LogP contribution in [0.25, 0.3) is 0 Å². The van der Waals surface area contributed by atoms with Crippen molar-refractivity contribution in [3.63, 3.8) is 0 Å². The van der Waals surface area contributed by atoms with Crippen LogP contribution in [0.5, 0.6) is 11.5 Å². The first kappa shape index (κ1) is 13.8. The average molecular weight is 252 g/mol. The Balaban J connectivity index is 2.75. The summed E-state index contributed by atoms with van der Waals surface area (Å²) < 4.78 is 10.2. The number of methoxy groups -OCH3 is 2. The number of nitrogens with two attached hydrogens (primary N) is 1. The van der Waals surface area contributed by atoms with Crippen LogP contribution in [0.1, 0.15) is 12.8 Å². The summed E-state index contributed by atoms with van der Waals surface area (Å²) >= 11 is 0. The van der Waals surface area contributed by atoms with E-state index in [0.717, 1.165) is 0 Å². The van der Waals surface area contributed by atoms with Crippen LogP contribution >= 0.6 is 0 Å². The van der Waals surface area contributed by atoms with Crippen LogP contribution in [-0.2, 0) is 9.59 Å². The van der Waals surface area contributed by atoms with E-state index in [1.807, 2.05) is 0 Å². The Morgan fingerprint density at radius 1 is 1.22 bits per heavy atom. The summed E-state index contributed by atoms with van der Waals surface area (Å²) in [5.41, 5.74) is 5.46. The molecule has 18 heavy (non-hydrogen) atoms. The summed E-state index contributed by atoms with van der Waals surface area (Å²) in [6.45, 7) is 0. The second kappa shape index (κ2) is 6.48. The molecule has 2 amide bonds. The van der Waals surface area contributed by atoms with Gasteiger partial charge in [-0.3, -0.25) is 9.59 Å². The molecule has 0 unspecified atom stereocenters. The molecule has 6 nitrogen and oxygen atoms in total. The van der Waals surface area contributed by atoms with Crippen molar-refractivity contribution >= 4 is 17.5 Å². The van der Waals surface area contributed by atoms with Crippen LogP contribution < -0.4 is 20.5 Å². The maximum absolute atomic E-state index is 11.6. The van der Waals surface area contributed by atoms with E-state index in [-0.39, 0.29) is 18.7 Å². The quantitative estimate of drug-likeness (QED) is 0.787. The van der Waals surface area contributed by atoms with Crippen molar-refractivity contribution in [1.82, 2.24) is 0 Å². The molecule has 0 saturated carbocycles. The minimum absolute atomic E-state index is 0.0120. The van der Waals surface area contributed by atoms with Gasteiger partial charge in [-0.1, -0.05) is 0 Å². The van der Waals surface area contributed by atoms with E-state index in [2.05, 4.69) is 5.32 Å². The van der Waals surface area contributed by atoms with Crippen LogP contribution in [0.4, 0.5) is 5.69 Å². The van der Waals surface area contributed by atoms with E-state index in [0.29, 0.717) is 17.2 Å². The number of carbonyl (C=O) groups excluding carboxylic acids is 2. The van der Waals surface area contributed by atoms with Gasteiger partial charge in [0.1, 0.15) is 11.5 Å². The second-order valence-electron chi connectivity index (χ2n) is 3.58. The van der Waals surface area contributed by atoms with Crippen molar-refractivity contribution in [2.24, 2.45) is 5.73 Å². The normalized spacial score (nSPS) is 9.67. The molecule has 0 heterocycles. The van der Waals surface area contributed by atoms with Gasteiger partial charge in [-0.25, -0.2) is 0 Å². The molecular formula is C12H16N2O4. The third kappa shape index (κ3) is 3.97. The molecule has 98 valence electrons. The zero-order chi connectivity index (χ0) is 13.5. The fourth-order valence-corrected chi connectivity index (χ4v) is 1.36. The Hall–Kier alpha value is -2.24. The van der Waals surface area contributed by atoms with Gasteiger partial charge in [-0.2, -0.15) is 0 Å². The van der Waals surface area contributed by atoms with Crippen LogP contribution in [0.3, 0.4) is 0 Å². The van der Waals surface area contributed by atoms with Crippen molar-refractivity contribution in [3.8, 4) is 11.5 Å². The van der Waals surface area contributed by atoms with E-state index in [1.54, 1.807) is 18.2 Å². The Kier molecular flexibility index (Phi) is 4.98. The number of ether oxygens (including phenoxy) is 2. The Bertz CT molecular complexity index is 446. The van der Waals surface area contributed by atoms with Gasteiger partial charge in [0.2, 0.25) is 11.8 Å². The lowest BCUT2D eigenvalue weighted by Crippen LogP contribution is -2.17. The van der Waals surface area contributed by atoms with Crippen molar-refractivity contribution in [1.29, 1.82) is 0 Å². The van der Waals surface area contributed by atoms with Gasteiger partial charge < -0.3 is 20.5 Å². The average Bonchev–Trinajstić information content (AvgIpc) is 2.36. The number of benzene rings is 1. The summed E-state index contributed by atoms with van der Waals surface area (Å²) in [7, 11) is 3.03. The highest BCUT2D eigenvalue weighted by Crippen LogP contribution is 2.28. The summed E-state index contributed by atoms with van der Waals surface area (Å²) in [6, 6.07) is 5.04. The molecule has 1 rings (SSSR count). The molecule has 3 N–H and O–H groups in total. The zero-order valence-corrected chi connectivity index (χ0v) is 10.4. The van der Waals surface area contributed by atoms with Crippen molar-refractivity contribution in [2.45, 2.75) is 12.8 Å². The van der Waals surface area contributed by atoms with Crippen molar-refractivity contribution < 1.29 is 19.1 Å². The minimum atomic E-state index is -0.511. The van der Waals surface area contributed by atoms with Crippen LogP contribution in [0, 0.1) is 0 Å². The van der Waals surface area contributed by atoms with Gasteiger partial charge in [0.25, 0.3) is 0 Å². The van der Waals surface area contributed by atoms with Crippen molar-refractivity contribution in [3.05, 3.63) is 18.2 Å². The predicted octanol–water partition coefficient (Wildman–Crippen LogP) is 0.908. The van der Waals surface area contributed by atoms with E-state index in [1.165, 1.54) is 14.2 Å². The summed E-state index contributed by atoms with van der Waals surface area (Å²) in [6.07, 6.45) is 0.0494. The number of amides is 2. The largest absolute Gasteiger partial charge is 0.497 e. The first-order valence-electron chi connectivity index (χ1n) is 5.37. The molecule has 0 aliphatic carbocycles. The van der Waals surface area contributed by atoms with Gasteiger partial charge in [0.15, 0.2) is 0 Å². The molecule has 0 atom stereocenters. The third-order valence-electron chi connectivity index (χ3n) is 2.28. The predicted molar refractivity (Wildman–Crippen MR) is 66.6 cm³/mol. The second-order valence-corrected chi connectivity index (χ2v) is 3.58. The van der Waals surface area contributed by atoms with E-state index in [9.17, 15) is 9.59 Å². The highest BCUT2D eigenvalue weighted by molar-refractivity contribution is 5.94. The van der Waals surface area contributed by atoms with Gasteiger partial charge in [-0.05, 0) is 12.1 Å². The molecule has 0 saturated heterocycles. The molecular weight excluding hydrogens is 236 g/mol. The Morgan fingerprint density at radius 2 is 1.94 bits per heavy atom. The first-order chi connectivity index (χ1) is 8.56. The lowest BCUT2D eigenvalue weighted by molar-refractivity contribution is -0.122. The third-order valence-corrected chi connectivity index (χ3v) is 2.28. The fourth-order valence-electron chi connectivity index (χ4n) is 1.36. The number of nitrogens with one attached hydrogen (secondary N) is 1. The Morgan fingerprint density at radius 3 is 2.50 bits per heavy atom. The van der Waals surface area contributed by atoms with E-state index >= 15 is 0 Å². The zero-order valence-electron chi connectivity index (χ0n) is 10.4. The number of hydrogen-bond donors (Lipinski definition) is 2. The van der Waals surface area contributed by atoms with Gasteiger partial charge in [0, 0.05) is 18.9 Å². The van der Waals surface area contributed by atoms with Gasteiger partial charge in [0.05, 0.1) is 19.9 Å². The monoisotopic (exact) mass is 252 g/mol. The Labute approximate surface area is 105 Å². The lowest BCUT2D eigenvalue weighted by atomic mass is 10.2. The molecule has 0 radical (unpaired) electrons. The highest BCUT2D eigenvalue weighted by Gasteiger charge is 2.09. The molecule has 0 spiro atoms. The summed E-state index contributed by atoms with van der Waals surface area (Å²) in [5.74, 6) is 0.298. The highest BCUT2D eigenvalue weighted by atomic mass is 16.5. The minimum Gasteiger partial charge on any atom is -0.497 e. The smallest absolute Gasteiger partial charge is 0.224 e. The lowest BCUT2D eigenvalue weighted by Gasteiger charge is -2.11. The first-order valence-corrected chi connectivity index (χ1v) is 5.37. The maximum Gasteiger partial charge on any atom is 0.224 e. The van der Waals surface area contributed by atoms with Crippen LogP contribution in [-0.4, -0.2) is 26.0 Å². The molecule has 0 aliphatic heterocycles. The summed E-state index contributed by atoms with van der Waals surface area (Å²) in [4.78, 5) is 22.1. The van der Waals surface area contributed by atoms with Gasteiger partial charge in [-0.15, -0.1) is 0 Å². The van der Waals surface area contributed by atoms with Gasteiger partial charge >= 0.3 is 0 Å². The number of hydrogen-bond acceptors (Lipinski definition) is 4. The summed E-state index contributed by atoms with van der Waals surface area (Å²) in [5, 5.41) is 2.64. The van der Waals surface area contributed by atoms with Crippen LogP contribution in [0.15, 0.2) is 18.2 Å². The molecule has 0 fully saturated rings. The molecule has 1 aromatic rings. The van der Waals surface area contributed by atoms with E-state index < -0.39 is 5.91 Å². The number of anilines is 1. The van der Waals surface area contributed by atoms with E-state index in [4.69, 9.17) is 15.2 Å². The molecule has 0 aliphatic rings. The maximum atomic E-state index is 11.6. The fraction of sp³-hybridized carbons (Fsp3) is 0.333.